The fourth-order valence-electron chi connectivity index (χ4n) is 6.41. The highest BCUT2D eigenvalue weighted by molar-refractivity contribution is 6.10. The van der Waals surface area contributed by atoms with Gasteiger partial charge in [-0.05, 0) is 86.8 Å². The first-order chi connectivity index (χ1) is 12.5. The molecule has 0 radical (unpaired) electrons. The third kappa shape index (κ3) is 2.57. The first-order valence-electron chi connectivity index (χ1n) is 9.99. The molecule has 0 spiro atoms. The maximum Gasteiger partial charge on any atom is 0.317 e. The Kier molecular flexibility index (Phi) is 3.67. The molecule has 0 N–H and O–H groups in total. The van der Waals surface area contributed by atoms with E-state index in [1.807, 2.05) is 12.1 Å². The molecule has 5 aliphatic rings. The Balaban J connectivity index is 1.35. The molecule has 5 aliphatic carbocycles. The van der Waals surface area contributed by atoms with Gasteiger partial charge in [-0.25, -0.2) is 0 Å². The molecule has 0 aliphatic heterocycles. The third-order valence-electron chi connectivity index (χ3n) is 7.19. The van der Waals surface area contributed by atoms with Gasteiger partial charge in [-0.3, -0.25) is 9.59 Å². The van der Waals surface area contributed by atoms with Gasteiger partial charge in [-0.2, -0.15) is 0 Å². The summed E-state index contributed by atoms with van der Waals surface area (Å²) < 4.78 is 11.4. The quantitative estimate of drug-likeness (QED) is 0.609. The summed E-state index contributed by atoms with van der Waals surface area (Å²) in [5.41, 5.74) is 1.36. The van der Waals surface area contributed by atoms with E-state index >= 15 is 0 Å². The van der Waals surface area contributed by atoms with Crippen LogP contribution in [0, 0.1) is 23.7 Å². The van der Waals surface area contributed by atoms with E-state index in [1.54, 1.807) is 13.2 Å². The van der Waals surface area contributed by atoms with Crippen LogP contribution in [-0.2, 0) is 16.0 Å². The number of fused-ring (bicyclic) bond motifs is 1. The van der Waals surface area contributed by atoms with Crippen molar-refractivity contribution in [1.29, 1.82) is 0 Å². The number of carbonyl (C=O) groups is 2. The van der Waals surface area contributed by atoms with Gasteiger partial charge in [-0.1, -0.05) is 6.07 Å². The largest absolute Gasteiger partial charge is 0.497 e. The second kappa shape index (κ2) is 5.83. The van der Waals surface area contributed by atoms with Gasteiger partial charge >= 0.3 is 5.97 Å². The number of Topliss-reactive ketones (excluding diaryl/α,β-unsaturated/α-hetero) is 1. The summed E-state index contributed by atoms with van der Waals surface area (Å²) >= 11 is 0. The monoisotopic (exact) mass is 354 g/mol. The zero-order chi connectivity index (χ0) is 17.9. The lowest BCUT2D eigenvalue weighted by atomic mass is 9.54. The van der Waals surface area contributed by atoms with Gasteiger partial charge in [0.1, 0.15) is 17.3 Å². The maximum atomic E-state index is 13.0. The molecule has 4 saturated carbocycles. The molecular weight excluding hydrogens is 328 g/mol. The molecule has 4 heteroatoms. The lowest BCUT2D eigenvalue weighted by Crippen LogP contribution is -2.53. The molecule has 6 rings (SSSR count). The van der Waals surface area contributed by atoms with Crippen molar-refractivity contribution in [2.45, 2.75) is 57.0 Å². The molecule has 1 aromatic carbocycles. The smallest absolute Gasteiger partial charge is 0.317 e. The number of ketones is 1. The van der Waals surface area contributed by atoms with Crippen LogP contribution in [0.1, 0.15) is 60.9 Å². The van der Waals surface area contributed by atoms with Gasteiger partial charge in [0.25, 0.3) is 0 Å². The molecule has 0 saturated heterocycles. The summed E-state index contributed by atoms with van der Waals surface area (Å²) in [5.74, 6) is 1.79. The van der Waals surface area contributed by atoms with Crippen molar-refractivity contribution in [2.75, 3.05) is 7.11 Å². The topological polar surface area (TPSA) is 52.6 Å². The van der Waals surface area contributed by atoms with Crippen molar-refractivity contribution in [3.05, 3.63) is 29.3 Å². The summed E-state index contributed by atoms with van der Waals surface area (Å²) in [6.07, 6.45) is 8.27. The number of hydrogen-bond acceptors (Lipinski definition) is 4. The minimum Gasteiger partial charge on any atom is -0.497 e. The molecule has 26 heavy (non-hydrogen) atoms. The van der Waals surface area contributed by atoms with E-state index in [9.17, 15) is 9.59 Å². The highest BCUT2D eigenvalue weighted by atomic mass is 16.6. The van der Waals surface area contributed by atoms with Gasteiger partial charge < -0.3 is 9.47 Å². The van der Waals surface area contributed by atoms with E-state index in [0.29, 0.717) is 17.7 Å². The van der Waals surface area contributed by atoms with Crippen molar-refractivity contribution in [2.24, 2.45) is 23.7 Å². The maximum absolute atomic E-state index is 13.0. The Labute approximate surface area is 154 Å². The normalized spacial score (nSPS) is 37.3. The number of ether oxygens (including phenoxy) is 2. The summed E-state index contributed by atoms with van der Waals surface area (Å²) in [5, 5.41) is 0. The molecular formula is C22H26O4. The number of hydrogen-bond donors (Lipinski definition) is 0. The minimum absolute atomic E-state index is 0.0973. The molecule has 0 aromatic heterocycles. The van der Waals surface area contributed by atoms with Crippen LogP contribution in [0.15, 0.2) is 18.2 Å². The van der Waals surface area contributed by atoms with E-state index in [0.717, 1.165) is 49.0 Å². The molecule has 138 valence electrons. The van der Waals surface area contributed by atoms with Crippen molar-refractivity contribution < 1.29 is 19.1 Å². The Morgan fingerprint density at radius 1 is 1.08 bits per heavy atom. The van der Waals surface area contributed by atoms with Crippen molar-refractivity contribution in [1.82, 2.24) is 0 Å². The molecule has 4 fully saturated rings. The van der Waals surface area contributed by atoms with E-state index in [1.165, 1.54) is 19.3 Å². The van der Waals surface area contributed by atoms with Crippen LogP contribution in [0.25, 0.3) is 0 Å². The summed E-state index contributed by atoms with van der Waals surface area (Å²) in [4.78, 5) is 25.9. The van der Waals surface area contributed by atoms with Crippen LogP contribution in [-0.4, -0.2) is 24.5 Å². The van der Waals surface area contributed by atoms with Gasteiger partial charge in [0, 0.05) is 5.56 Å². The van der Waals surface area contributed by atoms with Gasteiger partial charge in [-0.15, -0.1) is 0 Å². The van der Waals surface area contributed by atoms with Crippen LogP contribution < -0.4 is 4.74 Å². The lowest BCUT2D eigenvalue weighted by molar-refractivity contribution is -0.189. The van der Waals surface area contributed by atoms with Crippen molar-refractivity contribution in [3.8, 4) is 5.75 Å². The average molecular weight is 354 g/mol. The number of rotatable bonds is 3. The zero-order valence-electron chi connectivity index (χ0n) is 15.3. The van der Waals surface area contributed by atoms with Crippen molar-refractivity contribution >= 4 is 11.8 Å². The SMILES string of the molecule is COc1ccc2c(c1)C(=O)C(C(=O)OC13CC4CC(CC(C4)C1)C3)CC2. The van der Waals surface area contributed by atoms with E-state index < -0.39 is 5.92 Å². The fraction of sp³-hybridized carbons (Fsp3) is 0.636. The number of aryl methyl sites for hydroxylation is 1. The van der Waals surface area contributed by atoms with Crippen LogP contribution in [0.4, 0.5) is 0 Å². The Hall–Kier alpha value is -1.84. The van der Waals surface area contributed by atoms with Crippen LogP contribution in [0.5, 0.6) is 5.75 Å². The summed E-state index contributed by atoms with van der Waals surface area (Å²) in [6, 6.07) is 5.58. The standard InChI is InChI=1S/C22H26O4/c1-25-17-4-2-16-3-5-18(20(23)19(16)9-17)21(24)26-22-10-13-6-14(11-22)8-15(7-13)12-22/h2,4,9,13-15,18H,3,5-8,10-12H2,1H3. The predicted molar refractivity (Wildman–Crippen MR) is 96.1 cm³/mol. The molecule has 1 atom stereocenters. The predicted octanol–water partition coefficient (Wildman–Crippen LogP) is 3.95. The lowest BCUT2D eigenvalue weighted by Gasteiger charge is -2.55. The second-order valence-corrected chi connectivity index (χ2v) is 9.00. The van der Waals surface area contributed by atoms with Crippen molar-refractivity contribution in [3.63, 3.8) is 0 Å². The summed E-state index contributed by atoms with van der Waals surface area (Å²) in [6.45, 7) is 0. The van der Waals surface area contributed by atoms with Crippen LogP contribution >= 0.6 is 0 Å². The molecule has 1 unspecified atom stereocenters. The number of carbonyl (C=O) groups excluding carboxylic acids is 2. The molecule has 4 bridgehead atoms. The minimum atomic E-state index is -0.650. The van der Waals surface area contributed by atoms with Crippen LogP contribution in [0.3, 0.4) is 0 Å². The van der Waals surface area contributed by atoms with E-state index in [-0.39, 0.29) is 17.4 Å². The van der Waals surface area contributed by atoms with E-state index in [4.69, 9.17) is 9.47 Å². The number of methoxy groups -OCH3 is 1. The number of esters is 1. The van der Waals surface area contributed by atoms with Gasteiger partial charge in [0.15, 0.2) is 5.78 Å². The third-order valence-corrected chi connectivity index (χ3v) is 7.19. The summed E-state index contributed by atoms with van der Waals surface area (Å²) in [7, 11) is 1.59. The van der Waals surface area contributed by atoms with Gasteiger partial charge in [0.2, 0.25) is 0 Å². The highest BCUT2D eigenvalue weighted by Gasteiger charge is 2.54. The van der Waals surface area contributed by atoms with Gasteiger partial charge in [0.05, 0.1) is 7.11 Å². The zero-order valence-corrected chi connectivity index (χ0v) is 15.3. The molecule has 0 heterocycles. The Morgan fingerprint density at radius 3 is 2.35 bits per heavy atom. The first kappa shape index (κ1) is 16.3. The van der Waals surface area contributed by atoms with E-state index in [2.05, 4.69) is 0 Å². The molecule has 0 amide bonds. The Bertz CT molecular complexity index is 730. The second-order valence-electron chi connectivity index (χ2n) is 9.00. The average Bonchev–Trinajstić information content (AvgIpc) is 2.60. The van der Waals surface area contributed by atoms with Crippen LogP contribution in [0.2, 0.25) is 0 Å². The highest BCUT2D eigenvalue weighted by Crippen LogP contribution is 2.57. The molecule has 1 aromatic rings. The first-order valence-corrected chi connectivity index (χ1v) is 9.99. The fourth-order valence-corrected chi connectivity index (χ4v) is 6.41. The number of benzene rings is 1. The Morgan fingerprint density at radius 2 is 1.73 bits per heavy atom. The molecule has 4 nitrogen and oxygen atoms in total.